The highest BCUT2D eigenvalue weighted by molar-refractivity contribution is 5.89. The fourth-order valence-electron chi connectivity index (χ4n) is 4.40. The molecule has 0 heterocycles. The lowest BCUT2D eigenvalue weighted by Gasteiger charge is -2.28. The molecule has 0 aliphatic heterocycles. The zero-order chi connectivity index (χ0) is 30.8. The smallest absolute Gasteiger partial charge is 0.326 e. The normalized spacial score (nSPS) is 17.9. The number of amides is 4. The van der Waals surface area contributed by atoms with Gasteiger partial charge in [0, 0.05) is 51.8 Å². The van der Waals surface area contributed by atoms with Crippen molar-refractivity contribution in [3.63, 3.8) is 0 Å². The first-order valence-corrected chi connectivity index (χ1v) is 13.7. The van der Waals surface area contributed by atoms with E-state index in [1.807, 2.05) is 0 Å². The molecule has 232 valence electrons. The number of carboxylic acids is 3. The molecule has 0 radical (unpaired) electrons. The van der Waals surface area contributed by atoms with E-state index in [1.165, 1.54) is 7.11 Å². The van der Waals surface area contributed by atoms with Crippen LogP contribution in [-0.4, -0.2) is 95.7 Å². The Kier molecular flexibility index (Phi) is 16.6. The predicted octanol–water partition coefficient (Wildman–Crippen LogP) is -0.374. The Morgan fingerprint density at radius 2 is 1.39 bits per heavy atom. The van der Waals surface area contributed by atoms with E-state index in [0.29, 0.717) is 32.2 Å². The Bertz CT molecular complexity index is 919. The predicted molar refractivity (Wildman–Crippen MR) is 142 cm³/mol. The standard InChI is InChI=1S/C26H42N4O11/c1-41-14-13-27-25(38)18(10-12-23(35)36)29-21(32)11-9-19(26(39)40)30-24(37)17-7-5-16(6-8-17)15-28-20(31)3-2-4-22(33)34/h16-19H,2-15H2,1H3,(H,27,38)(H,28,31)(H,29,32)(H,30,37)(H,33,34)(H,35,36)(H,39,40)/t16?,17?,18-,19-/m0/s1. The summed E-state index contributed by atoms with van der Waals surface area (Å²) in [5, 5.41) is 37.3. The number of carbonyl (C=O) groups is 7. The number of ether oxygens (including phenoxy) is 1. The van der Waals surface area contributed by atoms with Crippen LogP contribution in [0.1, 0.15) is 70.6 Å². The first-order chi connectivity index (χ1) is 19.4. The summed E-state index contributed by atoms with van der Waals surface area (Å²) in [4.78, 5) is 82.6. The number of hydrogen-bond acceptors (Lipinski definition) is 8. The van der Waals surface area contributed by atoms with E-state index in [2.05, 4.69) is 21.3 Å². The van der Waals surface area contributed by atoms with Gasteiger partial charge in [-0.2, -0.15) is 0 Å². The average molecular weight is 587 g/mol. The highest BCUT2D eigenvalue weighted by Gasteiger charge is 2.30. The summed E-state index contributed by atoms with van der Waals surface area (Å²) < 4.78 is 4.84. The molecule has 0 aromatic carbocycles. The van der Waals surface area contributed by atoms with Gasteiger partial charge in [0.2, 0.25) is 23.6 Å². The Labute approximate surface area is 238 Å². The molecular weight excluding hydrogens is 544 g/mol. The fraction of sp³-hybridized carbons (Fsp3) is 0.731. The lowest BCUT2D eigenvalue weighted by atomic mass is 9.81. The van der Waals surface area contributed by atoms with Gasteiger partial charge in [-0.3, -0.25) is 28.8 Å². The zero-order valence-corrected chi connectivity index (χ0v) is 23.3. The summed E-state index contributed by atoms with van der Waals surface area (Å²) >= 11 is 0. The number of rotatable bonds is 20. The van der Waals surface area contributed by atoms with Crippen molar-refractivity contribution in [3.8, 4) is 0 Å². The van der Waals surface area contributed by atoms with Gasteiger partial charge in [0.25, 0.3) is 0 Å². The number of nitrogens with one attached hydrogen (secondary N) is 4. The van der Waals surface area contributed by atoms with Crippen molar-refractivity contribution in [1.82, 2.24) is 21.3 Å². The fourth-order valence-corrected chi connectivity index (χ4v) is 4.40. The van der Waals surface area contributed by atoms with Crippen molar-refractivity contribution in [2.24, 2.45) is 11.8 Å². The third kappa shape index (κ3) is 15.6. The Balaban J connectivity index is 2.50. The Hall–Kier alpha value is -3.75. The highest BCUT2D eigenvalue weighted by atomic mass is 16.5. The van der Waals surface area contributed by atoms with E-state index < -0.39 is 53.6 Å². The van der Waals surface area contributed by atoms with E-state index in [1.54, 1.807) is 0 Å². The summed E-state index contributed by atoms with van der Waals surface area (Å²) in [5.74, 6) is -5.58. The molecule has 1 saturated carbocycles. The second kappa shape index (κ2) is 19.3. The third-order valence-corrected chi connectivity index (χ3v) is 6.78. The summed E-state index contributed by atoms with van der Waals surface area (Å²) in [5.41, 5.74) is 0. The topological polar surface area (TPSA) is 238 Å². The van der Waals surface area contributed by atoms with Crippen LogP contribution in [0.5, 0.6) is 0 Å². The molecule has 4 amide bonds. The second-order valence-corrected chi connectivity index (χ2v) is 10.0. The number of hydrogen-bond donors (Lipinski definition) is 7. The van der Waals surface area contributed by atoms with Gasteiger partial charge in [-0.05, 0) is 50.9 Å². The number of carbonyl (C=O) groups excluding carboxylic acids is 4. The van der Waals surface area contributed by atoms with E-state index >= 15 is 0 Å². The van der Waals surface area contributed by atoms with Crippen LogP contribution in [0.4, 0.5) is 0 Å². The summed E-state index contributed by atoms with van der Waals surface area (Å²) in [6, 6.07) is -2.46. The molecule has 1 aliphatic carbocycles. The van der Waals surface area contributed by atoms with Gasteiger partial charge in [-0.1, -0.05) is 0 Å². The molecule has 0 bridgehead atoms. The maximum absolute atomic E-state index is 12.7. The number of carboxylic acid groups (broad SMARTS) is 3. The minimum atomic E-state index is -1.33. The highest BCUT2D eigenvalue weighted by Crippen LogP contribution is 2.28. The van der Waals surface area contributed by atoms with E-state index in [4.69, 9.17) is 14.9 Å². The van der Waals surface area contributed by atoms with Crippen molar-refractivity contribution in [2.45, 2.75) is 82.7 Å². The maximum atomic E-state index is 12.7. The zero-order valence-electron chi connectivity index (χ0n) is 23.3. The van der Waals surface area contributed by atoms with Gasteiger partial charge in [0.05, 0.1) is 6.61 Å². The van der Waals surface area contributed by atoms with E-state index in [-0.39, 0.29) is 69.9 Å². The first kappa shape index (κ1) is 35.3. The van der Waals surface area contributed by atoms with Crippen LogP contribution in [0, 0.1) is 11.8 Å². The molecule has 0 spiro atoms. The van der Waals surface area contributed by atoms with Crippen molar-refractivity contribution in [3.05, 3.63) is 0 Å². The number of methoxy groups -OCH3 is 1. The maximum Gasteiger partial charge on any atom is 0.326 e. The Morgan fingerprint density at radius 1 is 0.756 bits per heavy atom. The van der Waals surface area contributed by atoms with Crippen molar-refractivity contribution < 1.29 is 53.6 Å². The van der Waals surface area contributed by atoms with Crippen LogP contribution in [-0.2, 0) is 38.3 Å². The molecule has 0 unspecified atom stereocenters. The van der Waals surface area contributed by atoms with Gasteiger partial charge >= 0.3 is 17.9 Å². The molecule has 15 heteroatoms. The van der Waals surface area contributed by atoms with Crippen LogP contribution in [0.15, 0.2) is 0 Å². The molecule has 1 fully saturated rings. The van der Waals surface area contributed by atoms with E-state index in [9.17, 15) is 38.7 Å². The third-order valence-electron chi connectivity index (χ3n) is 6.78. The molecule has 2 atom stereocenters. The summed E-state index contributed by atoms with van der Waals surface area (Å²) in [6.07, 6.45) is 1.56. The Morgan fingerprint density at radius 3 is 1.98 bits per heavy atom. The molecule has 15 nitrogen and oxygen atoms in total. The van der Waals surface area contributed by atoms with Crippen LogP contribution in [0.2, 0.25) is 0 Å². The van der Waals surface area contributed by atoms with Crippen LogP contribution in [0.3, 0.4) is 0 Å². The molecule has 41 heavy (non-hydrogen) atoms. The van der Waals surface area contributed by atoms with E-state index in [0.717, 1.165) is 0 Å². The van der Waals surface area contributed by atoms with Gasteiger partial charge < -0.3 is 41.3 Å². The molecule has 7 N–H and O–H groups in total. The van der Waals surface area contributed by atoms with Crippen molar-refractivity contribution in [1.29, 1.82) is 0 Å². The van der Waals surface area contributed by atoms with Gasteiger partial charge in [0.15, 0.2) is 0 Å². The molecule has 0 saturated heterocycles. The quantitative estimate of drug-likeness (QED) is 0.0908. The van der Waals surface area contributed by atoms with Crippen LogP contribution < -0.4 is 21.3 Å². The van der Waals surface area contributed by atoms with Crippen LogP contribution in [0.25, 0.3) is 0 Å². The monoisotopic (exact) mass is 586 g/mol. The van der Waals surface area contributed by atoms with Gasteiger partial charge in [0.1, 0.15) is 12.1 Å². The molecule has 0 aromatic rings. The molecule has 1 rings (SSSR count). The number of aliphatic carboxylic acids is 3. The van der Waals surface area contributed by atoms with Gasteiger partial charge in [-0.15, -0.1) is 0 Å². The van der Waals surface area contributed by atoms with Crippen LogP contribution >= 0.6 is 0 Å². The first-order valence-electron chi connectivity index (χ1n) is 13.7. The molecular formula is C26H42N4O11. The molecule has 0 aromatic heterocycles. The lowest BCUT2D eigenvalue weighted by molar-refractivity contribution is -0.143. The van der Waals surface area contributed by atoms with Crippen molar-refractivity contribution >= 4 is 41.5 Å². The average Bonchev–Trinajstić information content (AvgIpc) is 2.91. The van der Waals surface area contributed by atoms with Crippen molar-refractivity contribution in [2.75, 3.05) is 26.8 Å². The molecule has 1 aliphatic rings. The lowest BCUT2D eigenvalue weighted by Crippen LogP contribution is -2.48. The second-order valence-electron chi connectivity index (χ2n) is 10.0. The SMILES string of the molecule is COCCNC(=O)[C@H](CCC(=O)O)NC(=O)CC[C@H](NC(=O)C1CCC(CNC(=O)CCCC(=O)O)CC1)C(=O)O. The summed E-state index contributed by atoms with van der Waals surface area (Å²) in [7, 11) is 1.44. The summed E-state index contributed by atoms with van der Waals surface area (Å²) in [6.45, 7) is 0.803. The van der Waals surface area contributed by atoms with Gasteiger partial charge in [-0.25, -0.2) is 4.79 Å². The minimum absolute atomic E-state index is 0.0740. The largest absolute Gasteiger partial charge is 0.481 e. The minimum Gasteiger partial charge on any atom is -0.481 e.